The van der Waals surface area contributed by atoms with Crippen LogP contribution >= 0.6 is 23.4 Å². The van der Waals surface area contributed by atoms with Crippen LogP contribution in [0.4, 0.5) is 5.69 Å². The average molecular weight is 496 g/mol. The van der Waals surface area contributed by atoms with Gasteiger partial charge in [0.1, 0.15) is 11.5 Å². The maximum absolute atomic E-state index is 13.1. The highest BCUT2D eigenvalue weighted by molar-refractivity contribution is 8.13. The van der Waals surface area contributed by atoms with E-state index in [1.807, 2.05) is 24.3 Å². The molecule has 0 saturated carbocycles. The predicted molar refractivity (Wildman–Crippen MR) is 129 cm³/mol. The fourth-order valence-electron chi connectivity index (χ4n) is 3.73. The van der Waals surface area contributed by atoms with Crippen molar-refractivity contribution in [1.82, 2.24) is 10.3 Å². The molecule has 1 aromatic heterocycles. The van der Waals surface area contributed by atoms with Crippen LogP contribution in [0.1, 0.15) is 25.3 Å². The van der Waals surface area contributed by atoms with Crippen LogP contribution in [0.3, 0.4) is 0 Å². The molecule has 2 aliphatic rings. The summed E-state index contributed by atoms with van der Waals surface area (Å²) in [7, 11) is 0. The number of nitrogens with one attached hydrogen (secondary N) is 1. The molecule has 1 amide bonds. The highest BCUT2D eigenvalue weighted by Gasteiger charge is 2.36. The number of halogens is 1. The van der Waals surface area contributed by atoms with E-state index in [9.17, 15) is 14.9 Å². The zero-order valence-electron chi connectivity index (χ0n) is 17.9. The van der Waals surface area contributed by atoms with Gasteiger partial charge in [0.2, 0.25) is 6.17 Å². The zero-order chi connectivity index (χ0) is 23.8. The molecule has 2 aromatic carbocycles. The van der Waals surface area contributed by atoms with Gasteiger partial charge in [-0.15, -0.1) is 5.10 Å². The Hall–Kier alpha value is -3.63. The first-order valence-electron chi connectivity index (χ1n) is 10.5. The smallest absolute Gasteiger partial charge is 0.276 e. The monoisotopic (exact) mass is 495 g/mol. The summed E-state index contributed by atoms with van der Waals surface area (Å²) in [5.41, 5.74) is 0.796. The van der Waals surface area contributed by atoms with E-state index in [1.54, 1.807) is 23.2 Å². The lowest BCUT2D eigenvalue weighted by molar-refractivity contribution is -0.384. The number of para-hydroxylation sites is 1. The number of nitro benzene ring substituents is 1. The van der Waals surface area contributed by atoms with Crippen molar-refractivity contribution in [2.75, 3.05) is 5.75 Å². The third-order valence-electron chi connectivity index (χ3n) is 5.27. The number of amidine groups is 1. The minimum absolute atomic E-state index is 0.107. The van der Waals surface area contributed by atoms with E-state index >= 15 is 0 Å². The highest BCUT2D eigenvalue weighted by Crippen LogP contribution is 2.37. The summed E-state index contributed by atoms with van der Waals surface area (Å²) in [4.78, 5) is 28.4. The molecular formula is C23H18ClN5O4S. The lowest BCUT2D eigenvalue weighted by Crippen LogP contribution is -2.50. The highest BCUT2D eigenvalue weighted by atomic mass is 35.5. The van der Waals surface area contributed by atoms with Crippen molar-refractivity contribution in [1.29, 1.82) is 0 Å². The van der Waals surface area contributed by atoms with E-state index in [0.717, 1.165) is 12.2 Å². The number of carbonyl (C=O) groups is 1. The Morgan fingerprint density at radius 3 is 2.82 bits per heavy atom. The van der Waals surface area contributed by atoms with Crippen molar-refractivity contribution in [3.8, 4) is 11.3 Å². The number of non-ortho nitro benzene ring substituents is 1. The molecule has 3 aromatic rings. The molecule has 2 aliphatic heterocycles. The molecule has 11 heteroatoms. The summed E-state index contributed by atoms with van der Waals surface area (Å²) in [6.45, 7) is 2.05. The second-order valence-electron chi connectivity index (χ2n) is 7.54. The van der Waals surface area contributed by atoms with Crippen molar-refractivity contribution < 1.29 is 14.1 Å². The first kappa shape index (κ1) is 22.2. The Kier molecular flexibility index (Phi) is 5.84. The topological polar surface area (TPSA) is 113 Å². The Balaban J connectivity index is 1.59. The van der Waals surface area contributed by atoms with Crippen LogP contribution in [0.2, 0.25) is 5.02 Å². The number of rotatable bonds is 5. The van der Waals surface area contributed by atoms with Crippen LogP contribution < -0.4 is 15.9 Å². The molecule has 1 N–H and O–H groups in total. The number of hydrogen-bond donors (Lipinski definition) is 1. The number of hydrogen-bond acceptors (Lipinski definition) is 8. The molecule has 0 bridgehead atoms. The number of hydrazone groups is 1. The molecule has 0 saturated heterocycles. The van der Waals surface area contributed by atoms with Gasteiger partial charge in [0.05, 0.1) is 15.3 Å². The summed E-state index contributed by atoms with van der Waals surface area (Å²) < 4.78 is 6.10. The minimum atomic E-state index is -0.709. The molecule has 0 spiro atoms. The fourth-order valence-corrected chi connectivity index (χ4v) is 4.71. The van der Waals surface area contributed by atoms with Crippen molar-refractivity contribution in [2.24, 2.45) is 10.1 Å². The third-order valence-corrected chi connectivity index (χ3v) is 6.65. The van der Waals surface area contributed by atoms with Crippen LogP contribution in [0.15, 0.2) is 69.1 Å². The molecule has 0 aliphatic carbocycles. The van der Waals surface area contributed by atoms with Gasteiger partial charge in [0.15, 0.2) is 10.9 Å². The fraction of sp³-hybridized carbons (Fsp3) is 0.174. The van der Waals surface area contributed by atoms with E-state index in [2.05, 4.69) is 17.3 Å². The summed E-state index contributed by atoms with van der Waals surface area (Å²) >= 11 is 7.75. The van der Waals surface area contributed by atoms with Crippen molar-refractivity contribution >= 4 is 45.8 Å². The lowest BCUT2D eigenvalue weighted by atomic mass is 10.1. The summed E-state index contributed by atoms with van der Waals surface area (Å²) in [5.74, 6) is 1.43. The van der Waals surface area contributed by atoms with Gasteiger partial charge >= 0.3 is 0 Å². The van der Waals surface area contributed by atoms with Crippen molar-refractivity contribution in [3.63, 3.8) is 0 Å². The van der Waals surface area contributed by atoms with Crippen LogP contribution in [-0.4, -0.2) is 26.8 Å². The molecule has 3 heterocycles. The van der Waals surface area contributed by atoms with Crippen molar-refractivity contribution in [3.05, 3.63) is 86.1 Å². The summed E-state index contributed by atoms with van der Waals surface area (Å²) in [5, 5.41) is 22.2. The van der Waals surface area contributed by atoms with Gasteiger partial charge in [-0.25, -0.2) is 10.0 Å². The average Bonchev–Trinajstić information content (AvgIpc) is 3.31. The first-order valence-corrected chi connectivity index (χ1v) is 11.9. The van der Waals surface area contributed by atoms with E-state index in [-0.39, 0.29) is 16.6 Å². The molecular weight excluding hydrogens is 478 g/mol. The minimum Gasteiger partial charge on any atom is -0.457 e. The molecule has 172 valence electrons. The number of carbonyl (C=O) groups excluding carboxylic acids is 1. The van der Waals surface area contributed by atoms with E-state index < -0.39 is 11.1 Å². The van der Waals surface area contributed by atoms with Crippen LogP contribution in [0.25, 0.3) is 17.0 Å². The number of fused-ring (bicyclic) bond motifs is 2. The number of furan rings is 1. The molecule has 1 unspecified atom stereocenters. The summed E-state index contributed by atoms with van der Waals surface area (Å²) in [6, 6.07) is 15.0. The molecule has 0 fully saturated rings. The Bertz CT molecular complexity index is 1470. The Morgan fingerprint density at radius 2 is 2.06 bits per heavy atom. The second-order valence-corrected chi connectivity index (χ2v) is 9.03. The van der Waals surface area contributed by atoms with E-state index in [1.165, 1.54) is 23.9 Å². The number of amides is 1. The number of nitro groups is 1. The normalized spacial score (nSPS) is 16.8. The van der Waals surface area contributed by atoms with Gasteiger partial charge in [-0.3, -0.25) is 20.2 Å². The number of nitrogens with zero attached hydrogens (tertiary/aromatic N) is 4. The quantitative estimate of drug-likeness (QED) is 0.425. The molecule has 9 nitrogen and oxygen atoms in total. The van der Waals surface area contributed by atoms with Crippen LogP contribution in [0.5, 0.6) is 0 Å². The van der Waals surface area contributed by atoms with Crippen LogP contribution in [0, 0.1) is 10.1 Å². The SMILES string of the molecule is CCCSC1=NN2C(=c3ccccc3=NC2c2ccc(-c3ccc([N+](=O)[O-])cc3Cl)o2)C(=O)N1. The standard InChI is InChI=1S/C23H18ClN5O4S/c1-2-11-34-23-26-22(30)20-15-5-3-4-6-17(15)25-21(28(20)27-23)19-10-9-18(33-19)14-8-7-13(29(31)32)12-16(14)24/h3-10,12,21H,2,11H2,1H3,(H,26,27,30). The Labute approximate surface area is 203 Å². The number of thioether (sulfide) groups is 1. The lowest BCUT2D eigenvalue weighted by Gasteiger charge is -2.32. The molecule has 1 atom stereocenters. The Morgan fingerprint density at radius 1 is 1.24 bits per heavy atom. The molecule has 34 heavy (non-hydrogen) atoms. The van der Waals surface area contributed by atoms with Crippen LogP contribution in [-0.2, 0) is 4.79 Å². The van der Waals surface area contributed by atoms with Crippen molar-refractivity contribution in [2.45, 2.75) is 19.5 Å². The second kappa shape index (κ2) is 8.96. The van der Waals surface area contributed by atoms with E-state index in [0.29, 0.717) is 38.5 Å². The first-order chi connectivity index (χ1) is 16.5. The predicted octanol–water partition coefficient (Wildman–Crippen LogP) is 3.79. The van der Waals surface area contributed by atoms with Gasteiger partial charge < -0.3 is 4.42 Å². The van der Waals surface area contributed by atoms with E-state index in [4.69, 9.17) is 21.0 Å². The number of benzene rings is 2. The zero-order valence-corrected chi connectivity index (χ0v) is 19.5. The third kappa shape index (κ3) is 3.95. The molecule has 0 radical (unpaired) electrons. The largest absolute Gasteiger partial charge is 0.457 e. The van der Waals surface area contributed by atoms with Gasteiger partial charge in [-0.2, -0.15) is 0 Å². The maximum Gasteiger partial charge on any atom is 0.276 e. The molecule has 5 rings (SSSR count). The van der Waals surface area contributed by atoms with Gasteiger partial charge in [-0.05, 0) is 30.7 Å². The van der Waals surface area contributed by atoms with Gasteiger partial charge in [-0.1, -0.05) is 48.5 Å². The van der Waals surface area contributed by atoms with Gasteiger partial charge in [0, 0.05) is 28.7 Å². The maximum atomic E-state index is 13.1. The summed E-state index contributed by atoms with van der Waals surface area (Å²) in [6.07, 6.45) is 0.225. The van der Waals surface area contributed by atoms with Gasteiger partial charge in [0.25, 0.3) is 11.6 Å².